The molecule has 0 bridgehead atoms. The van der Waals surface area contributed by atoms with Crippen LogP contribution in [0.1, 0.15) is 0 Å². The Morgan fingerprint density at radius 3 is 2.53 bits per heavy atom. The zero-order valence-electron chi connectivity index (χ0n) is 8.14. The Morgan fingerprint density at radius 2 is 2.00 bits per heavy atom. The van der Waals surface area contributed by atoms with Crippen molar-refractivity contribution in [1.29, 1.82) is 0 Å². The number of anilines is 1. The molecule has 1 atom stereocenters. The number of nitrogens with zero attached hydrogens (tertiary/aromatic N) is 1. The number of aromatic nitrogens is 1. The maximum atomic E-state index is 11.2. The molecule has 1 heterocycles. The Labute approximate surface area is 94.4 Å². The number of benzene rings is 1. The summed E-state index contributed by atoms with van der Waals surface area (Å²) in [5.74, 6) is 0. The molecule has 5 heteroatoms. The fourth-order valence-electron chi connectivity index (χ4n) is 1.24. The smallest absolute Gasteiger partial charge is 0.182 e. The van der Waals surface area contributed by atoms with Crippen LogP contribution in [0.3, 0.4) is 0 Å². The molecule has 1 unspecified atom stereocenters. The lowest BCUT2D eigenvalue weighted by Gasteiger charge is -1.96. The SMILES string of the molecule is CS(=O)c1nc(-c2ccccc2)c(N)s1. The molecule has 0 radical (unpaired) electrons. The van der Waals surface area contributed by atoms with E-state index < -0.39 is 10.8 Å². The molecule has 0 aliphatic heterocycles. The second-order valence-corrected chi connectivity index (χ2v) is 5.60. The van der Waals surface area contributed by atoms with Crippen LogP contribution in [0.4, 0.5) is 5.00 Å². The fraction of sp³-hybridized carbons (Fsp3) is 0.100. The highest BCUT2D eigenvalue weighted by molar-refractivity contribution is 7.86. The predicted molar refractivity (Wildman–Crippen MR) is 64.3 cm³/mol. The van der Waals surface area contributed by atoms with Crippen LogP contribution in [-0.2, 0) is 10.8 Å². The quantitative estimate of drug-likeness (QED) is 0.872. The number of nitrogen functional groups attached to an aromatic ring is 1. The van der Waals surface area contributed by atoms with Gasteiger partial charge in [-0.25, -0.2) is 4.98 Å². The Bertz CT molecular complexity index is 493. The first-order valence-electron chi connectivity index (χ1n) is 4.33. The minimum absolute atomic E-state index is 0.575. The van der Waals surface area contributed by atoms with Crippen LogP contribution in [0.25, 0.3) is 11.3 Å². The topological polar surface area (TPSA) is 56.0 Å². The van der Waals surface area contributed by atoms with Gasteiger partial charge in [0.15, 0.2) is 4.34 Å². The third-order valence-corrected chi connectivity index (χ3v) is 4.14. The third-order valence-electron chi connectivity index (χ3n) is 1.93. The molecule has 0 saturated heterocycles. The fourth-order valence-corrected chi connectivity index (χ4v) is 2.78. The van der Waals surface area contributed by atoms with E-state index in [1.165, 1.54) is 11.3 Å². The number of hydrogen-bond acceptors (Lipinski definition) is 4. The zero-order chi connectivity index (χ0) is 10.8. The van der Waals surface area contributed by atoms with Crippen molar-refractivity contribution >= 4 is 27.1 Å². The van der Waals surface area contributed by atoms with Crippen LogP contribution in [0.5, 0.6) is 0 Å². The molecule has 2 rings (SSSR count). The van der Waals surface area contributed by atoms with Crippen molar-refractivity contribution in [3.8, 4) is 11.3 Å². The van der Waals surface area contributed by atoms with Crippen molar-refractivity contribution in [2.75, 3.05) is 12.0 Å². The highest BCUT2D eigenvalue weighted by Gasteiger charge is 2.11. The van der Waals surface area contributed by atoms with Crippen LogP contribution in [0.15, 0.2) is 34.7 Å². The molecule has 2 N–H and O–H groups in total. The summed E-state index contributed by atoms with van der Waals surface area (Å²) < 4.78 is 11.8. The summed E-state index contributed by atoms with van der Waals surface area (Å²) in [5.41, 5.74) is 7.52. The zero-order valence-corrected chi connectivity index (χ0v) is 9.77. The van der Waals surface area contributed by atoms with Gasteiger partial charge in [0.25, 0.3) is 0 Å². The van der Waals surface area contributed by atoms with E-state index in [-0.39, 0.29) is 0 Å². The number of nitrogens with two attached hydrogens (primary N) is 1. The lowest BCUT2D eigenvalue weighted by molar-refractivity contribution is 0.686. The van der Waals surface area contributed by atoms with Crippen molar-refractivity contribution < 1.29 is 4.21 Å². The normalized spacial score (nSPS) is 12.6. The largest absolute Gasteiger partial charge is 0.389 e. The average molecular weight is 238 g/mol. The molecule has 0 aliphatic rings. The summed E-state index contributed by atoms with van der Waals surface area (Å²) >= 11 is 1.28. The molecule has 78 valence electrons. The minimum Gasteiger partial charge on any atom is -0.389 e. The Morgan fingerprint density at radius 1 is 1.33 bits per heavy atom. The van der Waals surface area contributed by atoms with Crippen LogP contribution in [0, 0.1) is 0 Å². The van der Waals surface area contributed by atoms with E-state index in [0.717, 1.165) is 11.3 Å². The van der Waals surface area contributed by atoms with Gasteiger partial charge in [0.05, 0.1) is 10.8 Å². The first kappa shape index (κ1) is 10.3. The van der Waals surface area contributed by atoms with Gasteiger partial charge in [-0.2, -0.15) is 0 Å². The highest BCUT2D eigenvalue weighted by Crippen LogP contribution is 2.31. The lowest BCUT2D eigenvalue weighted by atomic mass is 10.2. The lowest BCUT2D eigenvalue weighted by Crippen LogP contribution is -1.87. The summed E-state index contributed by atoms with van der Waals surface area (Å²) in [4.78, 5) is 4.27. The molecule has 0 aliphatic carbocycles. The molecule has 0 fully saturated rings. The molecular formula is C10H10N2OS2. The summed E-state index contributed by atoms with van der Waals surface area (Å²) in [5, 5.41) is 0.617. The summed E-state index contributed by atoms with van der Waals surface area (Å²) in [7, 11) is -1.06. The van der Waals surface area contributed by atoms with E-state index in [9.17, 15) is 4.21 Å². The van der Waals surface area contributed by atoms with E-state index in [0.29, 0.717) is 9.34 Å². The van der Waals surface area contributed by atoms with Gasteiger partial charge in [0.2, 0.25) is 0 Å². The average Bonchev–Trinajstić information content (AvgIpc) is 2.62. The van der Waals surface area contributed by atoms with Gasteiger partial charge in [0, 0.05) is 11.8 Å². The van der Waals surface area contributed by atoms with Crippen LogP contribution in [-0.4, -0.2) is 15.4 Å². The minimum atomic E-state index is -1.06. The van der Waals surface area contributed by atoms with E-state index >= 15 is 0 Å². The first-order chi connectivity index (χ1) is 7.18. The molecule has 0 saturated carbocycles. The van der Waals surface area contributed by atoms with Gasteiger partial charge in [0.1, 0.15) is 10.7 Å². The van der Waals surface area contributed by atoms with Crippen molar-refractivity contribution in [2.45, 2.75) is 4.34 Å². The first-order valence-corrected chi connectivity index (χ1v) is 6.71. The molecular weight excluding hydrogens is 228 g/mol. The van der Waals surface area contributed by atoms with Crippen molar-refractivity contribution in [2.24, 2.45) is 0 Å². The molecule has 15 heavy (non-hydrogen) atoms. The van der Waals surface area contributed by atoms with Crippen LogP contribution < -0.4 is 5.73 Å². The standard InChI is InChI=1S/C10H10N2OS2/c1-15(13)10-12-8(9(11)14-10)7-5-3-2-4-6-7/h2-6H,11H2,1H3. The second-order valence-electron chi connectivity index (χ2n) is 3.01. The molecule has 0 amide bonds. The second kappa shape index (κ2) is 4.12. The maximum absolute atomic E-state index is 11.2. The van der Waals surface area contributed by atoms with Crippen molar-refractivity contribution in [3.05, 3.63) is 30.3 Å². The maximum Gasteiger partial charge on any atom is 0.182 e. The summed E-state index contributed by atoms with van der Waals surface area (Å²) in [6.07, 6.45) is 1.60. The van der Waals surface area contributed by atoms with Gasteiger partial charge in [-0.1, -0.05) is 41.7 Å². The van der Waals surface area contributed by atoms with E-state index in [1.54, 1.807) is 6.26 Å². The number of thiazole rings is 1. The van der Waals surface area contributed by atoms with E-state index in [4.69, 9.17) is 5.73 Å². The van der Waals surface area contributed by atoms with Gasteiger partial charge in [-0.05, 0) is 0 Å². The third kappa shape index (κ3) is 2.08. The van der Waals surface area contributed by atoms with Crippen molar-refractivity contribution in [1.82, 2.24) is 4.98 Å². The molecule has 1 aromatic carbocycles. The highest BCUT2D eigenvalue weighted by atomic mass is 32.2. The number of rotatable bonds is 2. The summed E-state index contributed by atoms with van der Waals surface area (Å²) in [6.45, 7) is 0. The Balaban J connectivity index is 2.50. The van der Waals surface area contributed by atoms with Gasteiger partial charge in [-0.15, -0.1) is 0 Å². The number of hydrogen-bond donors (Lipinski definition) is 1. The molecule has 1 aromatic heterocycles. The Hall–Kier alpha value is -1.20. The monoisotopic (exact) mass is 238 g/mol. The molecule has 3 nitrogen and oxygen atoms in total. The van der Waals surface area contributed by atoms with E-state index in [1.807, 2.05) is 30.3 Å². The van der Waals surface area contributed by atoms with Crippen LogP contribution in [0.2, 0.25) is 0 Å². The van der Waals surface area contributed by atoms with Crippen molar-refractivity contribution in [3.63, 3.8) is 0 Å². The van der Waals surface area contributed by atoms with Crippen LogP contribution >= 0.6 is 11.3 Å². The summed E-state index contributed by atoms with van der Waals surface area (Å²) in [6, 6.07) is 9.67. The van der Waals surface area contributed by atoms with Gasteiger partial charge in [-0.3, -0.25) is 4.21 Å². The Kier molecular flexibility index (Phi) is 2.83. The predicted octanol–water partition coefficient (Wildman–Crippen LogP) is 2.13. The van der Waals surface area contributed by atoms with E-state index in [2.05, 4.69) is 4.98 Å². The van der Waals surface area contributed by atoms with Gasteiger partial charge >= 0.3 is 0 Å². The molecule has 2 aromatic rings. The molecule has 0 spiro atoms. The van der Waals surface area contributed by atoms with Gasteiger partial charge < -0.3 is 5.73 Å².